The first-order valence-corrected chi connectivity index (χ1v) is 15.8. The average molecular weight is 646 g/mol. The van der Waals surface area contributed by atoms with Gasteiger partial charge in [0.05, 0.1) is 48.7 Å². The molecular formula is C34H43N7O6. The molecule has 4 amide bonds. The van der Waals surface area contributed by atoms with Gasteiger partial charge in [0.25, 0.3) is 5.91 Å². The predicted octanol–water partition coefficient (Wildman–Crippen LogP) is 2.82. The fraction of sp³-hybridized carbons (Fsp3) is 0.412. The fourth-order valence-corrected chi connectivity index (χ4v) is 5.80. The molecule has 250 valence electrons. The number of rotatable bonds is 18. The van der Waals surface area contributed by atoms with Gasteiger partial charge in [-0.1, -0.05) is 49.7 Å². The minimum absolute atomic E-state index is 0.0230. The number of benzene rings is 2. The van der Waals surface area contributed by atoms with Gasteiger partial charge in [-0.15, -0.1) is 0 Å². The van der Waals surface area contributed by atoms with E-state index >= 15 is 0 Å². The van der Waals surface area contributed by atoms with Gasteiger partial charge in [-0.25, -0.2) is 0 Å². The first-order valence-electron chi connectivity index (χ1n) is 15.8. The van der Waals surface area contributed by atoms with Crippen LogP contribution in [-0.4, -0.2) is 103 Å². The number of hydrogen-bond acceptors (Lipinski definition) is 9. The number of likely N-dealkylation sites (N-methyl/N-ethyl adjacent to an activating group) is 1. The van der Waals surface area contributed by atoms with Crippen molar-refractivity contribution >= 4 is 41.8 Å². The largest absolute Gasteiger partial charge is 0.386 e. The number of likely N-dealkylation sites (tertiary alicyclic amines) is 1. The number of aromatic nitrogens is 2. The van der Waals surface area contributed by atoms with E-state index in [1.807, 2.05) is 47.9 Å². The molecule has 2 atom stereocenters. The molecule has 2 unspecified atom stereocenters. The quantitative estimate of drug-likeness (QED) is 0.140. The van der Waals surface area contributed by atoms with Crippen LogP contribution in [0, 0.1) is 5.92 Å². The van der Waals surface area contributed by atoms with Gasteiger partial charge in [-0.3, -0.25) is 34.0 Å². The van der Waals surface area contributed by atoms with Crippen molar-refractivity contribution in [2.24, 2.45) is 5.92 Å². The summed E-state index contributed by atoms with van der Waals surface area (Å²) in [7, 11) is 3.33. The fourth-order valence-electron chi connectivity index (χ4n) is 5.80. The molecule has 13 heteroatoms. The lowest BCUT2D eigenvalue weighted by molar-refractivity contribution is -0.139. The van der Waals surface area contributed by atoms with E-state index < -0.39 is 17.9 Å². The Labute approximate surface area is 274 Å². The van der Waals surface area contributed by atoms with Crippen molar-refractivity contribution in [2.45, 2.75) is 38.3 Å². The normalized spacial score (nSPS) is 14.0. The first-order chi connectivity index (χ1) is 22.8. The van der Waals surface area contributed by atoms with Gasteiger partial charge in [-0.05, 0) is 24.1 Å². The van der Waals surface area contributed by atoms with Crippen molar-refractivity contribution in [3.63, 3.8) is 0 Å². The van der Waals surface area contributed by atoms with Crippen LogP contribution in [0.3, 0.4) is 0 Å². The summed E-state index contributed by atoms with van der Waals surface area (Å²) in [5.41, 5.74) is 2.82. The van der Waals surface area contributed by atoms with Crippen LogP contribution in [0.1, 0.15) is 58.5 Å². The van der Waals surface area contributed by atoms with Crippen molar-refractivity contribution in [3.05, 3.63) is 77.6 Å². The van der Waals surface area contributed by atoms with E-state index in [-0.39, 0.29) is 55.0 Å². The Bertz CT molecular complexity index is 1520. The Balaban J connectivity index is 1.24. The van der Waals surface area contributed by atoms with Gasteiger partial charge < -0.3 is 25.2 Å². The Morgan fingerprint density at radius 2 is 1.85 bits per heavy atom. The third-order valence-corrected chi connectivity index (χ3v) is 8.36. The van der Waals surface area contributed by atoms with E-state index in [9.17, 15) is 24.0 Å². The molecule has 47 heavy (non-hydrogen) atoms. The number of aldehydes is 1. The van der Waals surface area contributed by atoms with Crippen LogP contribution in [-0.2, 0) is 19.1 Å². The second-order valence-corrected chi connectivity index (χ2v) is 11.4. The molecule has 1 fully saturated rings. The molecule has 4 rings (SSSR count). The molecule has 1 aliphatic rings. The Kier molecular flexibility index (Phi) is 12.6. The maximum atomic E-state index is 13.3. The van der Waals surface area contributed by atoms with Crippen LogP contribution >= 0.6 is 0 Å². The summed E-state index contributed by atoms with van der Waals surface area (Å²) < 4.78 is 7.66. The van der Waals surface area contributed by atoms with Crippen LogP contribution in [0.5, 0.6) is 0 Å². The average Bonchev–Trinajstić information content (AvgIpc) is 3.55. The lowest BCUT2D eigenvalue weighted by Gasteiger charge is -2.43. The Morgan fingerprint density at radius 3 is 2.51 bits per heavy atom. The Morgan fingerprint density at radius 1 is 1.09 bits per heavy atom. The minimum atomic E-state index is -0.861. The molecule has 1 aromatic heterocycles. The van der Waals surface area contributed by atoms with Crippen molar-refractivity contribution < 1.29 is 28.7 Å². The highest BCUT2D eigenvalue weighted by Crippen LogP contribution is 2.34. The lowest BCUT2D eigenvalue weighted by atomic mass is 9.86. The first kappa shape index (κ1) is 34.8. The molecule has 0 aliphatic carbocycles. The van der Waals surface area contributed by atoms with Gasteiger partial charge in [0.2, 0.25) is 18.2 Å². The van der Waals surface area contributed by atoms with Crippen LogP contribution in [0.4, 0.5) is 11.4 Å². The number of ether oxygens (including phenoxy) is 1. The summed E-state index contributed by atoms with van der Waals surface area (Å²) in [6, 6.07) is 14.2. The zero-order chi connectivity index (χ0) is 33.8. The molecular weight excluding hydrogens is 602 g/mol. The highest BCUT2D eigenvalue weighted by atomic mass is 16.5. The molecule has 0 saturated carbocycles. The van der Waals surface area contributed by atoms with Crippen molar-refractivity contribution in [2.75, 3.05) is 57.6 Å². The molecule has 0 radical (unpaired) electrons. The summed E-state index contributed by atoms with van der Waals surface area (Å²) in [6.07, 6.45) is 5.87. The lowest BCUT2D eigenvalue weighted by Crippen LogP contribution is -2.53. The molecule has 3 N–H and O–H groups in total. The number of amides is 4. The third-order valence-electron chi connectivity index (χ3n) is 8.36. The Hall–Kier alpha value is -5.04. The van der Waals surface area contributed by atoms with Crippen molar-refractivity contribution in [1.29, 1.82) is 0 Å². The summed E-state index contributed by atoms with van der Waals surface area (Å²) in [4.78, 5) is 64.4. The summed E-state index contributed by atoms with van der Waals surface area (Å²) >= 11 is 0. The van der Waals surface area contributed by atoms with Gasteiger partial charge in [0.1, 0.15) is 6.04 Å². The summed E-state index contributed by atoms with van der Waals surface area (Å²) in [5, 5.41) is 12.9. The maximum absolute atomic E-state index is 13.3. The van der Waals surface area contributed by atoms with Crippen LogP contribution in [0.25, 0.3) is 0 Å². The number of carbonyl (C=O) groups excluding carboxylic acids is 5. The van der Waals surface area contributed by atoms with E-state index in [1.165, 1.54) is 18.0 Å². The van der Waals surface area contributed by atoms with Gasteiger partial charge in [0, 0.05) is 51.5 Å². The molecule has 0 spiro atoms. The zero-order valence-corrected chi connectivity index (χ0v) is 27.1. The monoisotopic (exact) mass is 645 g/mol. The van der Waals surface area contributed by atoms with E-state index in [0.717, 1.165) is 11.3 Å². The van der Waals surface area contributed by atoms with E-state index in [1.54, 1.807) is 18.3 Å². The number of imide groups is 1. The van der Waals surface area contributed by atoms with Gasteiger partial charge in [0.15, 0.2) is 6.29 Å². The number of nitrogens with one attached hydrogen (secondary N) is 3. The maximum Gasteiger partial charge on any atom is 0.255 e. The number of carbonyl (C=O) groups is 5. The van der Waals surface area contributed by atoms with Crippen LogP contribution < -0.4 is 16.0 Å². The topological polar surface area (TPSA) is 155 Å². The molecule has 13 nitrogen and oxygen atoms in total. The molecule has 3 aromatic rings. The van der Waals surface area contributed by atoms with E-state index in [2.05, 4.69) is 33.2 Å². The number of nitrogens with zero attached hydrogens (tertiary/aromatic N) is 4. The third kappa shape index (κ3) is 8.61. The second-order valence-electron chi connectivity index (χ2n) is 11.4. The molecule has 2 heterocycles. The van der Waals surface area contributed by atoms with E-state index in [0.29, 0.717) is 44.4 Å². The second kappa shape index (κ2) is 17.0. The zero-order valence-electron chi connectivity index (χ0n) is 27.1. The predicted molar refractivity (Wildman–Crippen MR) is 177 cm³/mol. The SMILES string of the molecule is CCCC(C(=O)NC=O)N(C)C(=O)c1cccc(NCCOCCC(=O)N2CC(C(c3ccccc3)n3cc(NC)cn3)C2)c1C=O. The van der Waals surface area contributed by atoms with Crippen molar-refractivity contribution in [1.82, 2.24) is 24.9 Å². The highest BCUT2D eigenvalue weighted by molar-refractivity contribution is 6.06. The molecule has 0 bridgehead atoms. The number of anilines is 2. The van der Waals surface area contributed by atoms with Crippen molar-refractivity contribution in [3.8, 4) is 0 Å². The van der Waals surface area contributed by atoms with Crippen LogP contribution in [0.15, 0.2) is 60.9 Å². The summed E-state index contributed by atoms with van der Waals surface area (Å²) in [6.45, 7) is 4.00. The summed E-state index contributed by atoms with van der Waals surface area (Å²) in [5.74, 6) is -0.838. The minimum Gasteiger partial charge on any atom is -0.386 e. The molecule has 2 aromatic carbocycles. The molecule has 1 aliphatic heterocycles. The van der Waals surface area contributed by atoms with Gasteiger partial charge >= 0.3 is 0 Å². The van der Waals surface area contributed by atoms with Crippen LogP contribution in [0.2, 0.25) is 0 Å². The van der Waals surface area contributed by atoms with E-state index in [4.69, 9.17) is 4.74 Å². The highest BCUT2D eigenvalue weighted by Gasteiger charge is 2.38. The van der Waals surface area contributed by atoms with Gasteiger partial charge in [-0.2, -0.15) is 5.10 Å². The standard InChI is InChI=1S/C34H43N7O6/c1-4-9-30(33(45)37-23-43)39(3)34(46)27-12-8-13-29(28(27)22-42)36-15-17-47-16-14-31(44)40-19-25(20-40)32(24-10-6-5-7-11-24)41-21-26(35-2)18-38-41/h5-8,10-13,18,21-23,25,30,32,35-36H,4,9,14-17,19-20H2,1-3H3,(H,37,43,45). The number of hydrogen-bond donors (Lipinski definition) is 3. The smallest absolute Gasteiger partial charge is 0.255 e. The molecule has 1 saturated heterocycles.